The van der Waals surface area contributed by atoms with E-state index >= 15 is 0 Å². The van der Waals surface area contributed by atoms with Crippen molar-refractivity contribution in [3.05, 3.63) is 35.4 Å². The monoisotopic (exact) mass is 375 g/mol. The molecule has 2 rings (SSSR count). The standard InChI is InChI=1S/C21H33N3O3/c1-4-16-7-9-17(10-8-16)19(23(5-2)6-3)15-22-21(27)24-13-11-18(12-14-24)20(25)26/h7-10,18-19H,4-6,11-15H2,1-3H3,(H,22,27)(H,25,26). The minimum Gasteiger partial charge on any atom is -0.481 e. The van der Waals surface area contributed by atoms with E-state index in [1.54, 1.807) is 4.90 Å². The first-order valence-corrected chi connectivity index (χ1v) is 10.1. The van der Waals surface area contributed by atoms with E-state index in [4.69, 9.17) is 5.11 Å². The molecule has 6 nitrogen and oxygen atoms in total. The lowest BCUT2D eigenvalue weighted by molar-refractivity contribution is -0.143. The molecule has 27 heavy (non-hydrogen) atoms. The minimum atomic E-state index is -0.757. The van der Waals surface area contributed by atoms with Crippen LogP contribution in [0.25, 0.3) is 0 Å². The lowest BCUT2D eigenvalue weighted by Crippen LogP contribution is -2.47. The Kier molecular flexibility index (Phi) is 8.10. The van der Waals surface area contributed by atoms with Gasteiger partial charge in [-0.25, -0.2) is 4.79 Å². The molecule has 1 saturated heterocycles. The van der Waals surface area contributed by atoms with Gasteiger partial charge in [0.05, 0.1) is 12.0 Å². The maximum absolute atomic E-state index is 12.6. The molecule has 1 aromatic rings. The van der Waals surface area contributed by atoms with Crippen molar-refractivity contribution < 1.29 is 14.7 Å². The smallest absolute Gasteiger partial charge is 0.317 e. The number of aliphatic carboxylic acids is 1. The van der Waals surface area contributed by atoms with Crippen molar-refractivity contribution in [3.8, 4) is 0 Å². The highest BCUT2D eigenvalue weighted by atomic mass is 16.4. The number of likely N-dealkylation sites (N-methyl/N-ethyl adjacent to an activating group) is 1. The van der Waals surface area contributed by atoms with Crippen LogP contribution < -0.4 is 5.32 Å². The van der Waals surface area contributed by atoms with E-state index < -0.39 is 5.97 Å². The SMILES string of the molecule is CCc1ccc(C(CNC(=O)N2CCC(C(=O)O)CC2)N(CC)CC)cc1. The summed E-state index contributed by atoms with van der Waals surface area (Å²) in [5, 5.41) is 12.2. The molecule has 0 bridgehead atoms. The van der Waals surface area contributed by atoms with E-state index in [1.165, 1.54) is 11.1 Å². The molecule has 0 radical (unpaired) electrons. The molecule has 0 spiro atoms. The molecular weight excluding hydrogens is 342 g/mol. The number of rotatable bonds is 8. The molecule has 1 aliphatic heterocycles. The number of carboxylic acid groups (broad SMARTS) is 1. The Morgan fingerprint density at radius 3 is 2.22 bits per heavy atom. The van der Waals surface area contributed by atoms with Crippen LogP contribution in [0, 0.1) is 5.92 Å². The molecule has 0 aliphatic carbocycles. The zero-order valence-electron chi connectivity index (χ0n) is 16.8. The Morgan fingerprint density at radius 2 is 1.74 bits per heavy atom. The predicted molar refractivity (Wildman–Crippen MR) is 107 cm³/mol. The molecule has 0 saturated carbocycles. The van der Waals surface area contributed by atoms with E-state index in [0.717, 1.165) is 19.5 Å². The van der Waals surface area contributed by atoms with Gasteiger partial charge in [0.25, 0.3) is 0 Å². The van der Waals surface area contributed by atoms with Gasteiger partial charge >= 0.3 is 12.0 Å². The average Bonchev–Trinajstić information content (AvgIpc) is 2.71. The summed E-state index contributed by atoms with van der Waals surface area (Å²) >= 11 is 0. The van der Waals surface area contributed by atoms with Gasteiger partial charge in [-0.1, -0.05) is 45.0 Å². The maximum atomic E-state index is 12.6. The van der Waals surface area contributed by atoms with E-state index in [0.29, 0.717) is 32.5 Å². The Labute approximate surface area is 162 Å². The summed E-state index contributed by atoms with van der Waals surface area (Å²) in [5.41, 5.74) is 2.52. The number of nitrogens with zero attached hydrogens (tertiary/aromatic N) is 2. The van der Waals surface area contributed by atoms with E-state index in [-0.39, 0.29) is 18.0 Å². The van der Waals surface area contributed by atoms with Gasteiger partial charge in [-0.05, 0) is 43.5 Å². The second-order valence-corrected chi connectivity index (χ2v) is 7.12. The topological polar surface area (TPSA) is 72.9 Å². The number of hydrogen-bond acceptors (Lipinski definition) is 3. The van der Waals surface area contributed by atoms with Gasteiger partial charge in [0, 0.05) is 19.6 Å². The molecule has 1 fully saturated rings. The summed E-state index contributed by atoms with van der Waals surface area (Å²) < 4.78 is 0. The Morgan fingerprint density at radius 1 is 1.15 bits per heavy atom. The Hall–Kier alpha value is -2.08. The third-order valence-corrected chi connectivity index (χ3v) is 5.60. The quantitative estimate of drug-likeness (QED) is 0.732. The first-order chi connectivity index (χ1) is 13.0. The van der Waals surface area contributed by atoms with Crippen molar-refractivity contribution in [2.75, 3.05) is 32.7 Å². The highest BCUT2D eigenvalue weighted by molar-refractivity contribution is 5.75. The molecule has 1 aliphatic rings. The number of urea groups is 1. The lowest BCUT2D eigenvalue weighted by atomic mass is 9.97. The number of likely N-dealkylation sites (tertiary alicyclic amines) is 1. The first kappa shape index (κ1) is 21.2. The molecule has 2 N–H and O–H groups in total. The Balaban J connectivity index is 1.98. The summed E-state index contributed by atoms with van der Waals surface area (Å²) in [6, 6.07) is 8.67. The second kappa shape index (κ2) is 10.3. The van der Waals surface area contributed by atoms with Crippen molar-refractivity contribution in [3.63, 3.8) is 0 Å². The summed E-state index contributed by atoms with van der Waals surface area (Å²) in [6.45, 7) is 9.79. The second-order valence-electron chi connectivity index (χ2n) is 7.12. The largest absolute Gasteiger partial charge is 0.481 e. The number of piperidine rings is 1. The van der Waals surface area contributed by atoms with Crippen molar-refractivity contribution in [1.29, 1.82) is 0 Å². The van der Waals surface area contributed by atoms with Crippen LogP contribution in [0.5, 0.6) is 0 Å². The number of aryl methyl sites for hydroxylation is 1. The number of benzene rings is 1. The summed E-state index contributed by atoms with van der Waals surface area (Å²) in [6.07, 6.45) is 2.07. The van der Waals surface area contributed by atoms with Crippen LogP contribution in [0.1, 0.15) is 50.8 Å². The lowest BCUT2D eigenvalue weighted by Gasteiger charge is -2.33. The van der Waals surface area contributed by atoms with Gasteiger partial charge in [-0.3, -0.25) is 9.69 Å². The van der Waals surface area contributed by atoms with Crippen LogP contribution in [-0.4, -0.2) is 59.6 Å². The van der Waals surface area contributed by atoms with Crippen LogP contribution >= 0.6 is 0 Å². The number of carbonyl (C=O) groups is 2. The number of carbonyl (C=O) groups excluding carboxylic acids is 1. The Bertz CT molecular complexity index is 606. The fourth-order valence-corrected chi connectivity index (χ4v) is 3.72. The van der Waals surface area contributed by atoms with Crippen LogP contribution in [0.15, 0.2) is 24.3 Å². The van der Waals surface area contributed by atoms with E-state index in [9.17, 15) is 9.59 Å². The van der Waals surface area contributed by atoms with Crippen LogP contribution in [-0.2, 0) is 11.2 Å². The zero-order valence-corrected chi connectivity index (χ0v) is 16.8. The van der Waals surface area contributed by atoms with Crippen molar-refractivity contribution >= 4 is 12.0 Å². The van der Waals surface area contributed by atoms with Crippen LogP contribution in [0.2, 0.25) is 0 Å². The third kappa shape index (κ3) is 5.70. The van der Waals surface area contributed by atoms with Gasteiger partial charge in [-0.2, -0.15) is 0 Å². The molecule has 0 aromatic heterocycles. The van der Waals surface area contributed by atoms with Crippen LogP contribution in [0.3, 0.4) is 0 Å². The average molecular weight is 376 g/mol. The summed E-state index contributed by atoms with van der Waals surface area (Å²) in [5.74, 6) is -1.08. The van der Waals surface area contributed by atoms with E-state index in [2.05, 4.69) is 55.3 Å². The van der Waals surface area contributed by atoms with Gasteiger partial charge in [0.15, 0.2) is 0 Å². The maximum Gasteiger partial charge on any atom is 0.317 e. The summed E-state index contributed by atoms with van der Waals surface area (Å²) in [4.78, 5) is 27.7. The van der Waals surface area contributed by atoms with Crippen molar-refractivity contribution in [2.24, 2.45) is 5.92 Å². The van der Waals surface area contributed by atoms with Gasteiger partial charge in [0.1, 0.15) is 0 Å². The number of amides is 2. The minimum absolute atomic E-state index is 0.0961. The van der Waals surface area contributed by atoms with Gasteiger partial charge < -0.3 is 15.3 Å². The third-order valence-electron chi connectivity index (χ3n) is 5.60. The predicted octanol–water partition coefficient (Wildman–Crippen LogP) is 3.14. The van der Waals surface area contributed by atoms with Crippen molar-refractivity contribution in [1.82, 2.24) is 15.1 Å². The van der Waals surface area contributed by atoms with Gasteiger partial charge in [0.2, 0.25) is 0 Å². The normalized spacial score (nSPS) is 16.4. The molecule has 6 heteroatoms. The van der Waals surface area contributed by atoms with Gasteiger partial charge in [-0.15, -0.1) is 0 Å². The van der Waals surface area contributed by atoms with E-state index in [1.807, 2.05) is 0 Å². The first-order valence-electron chi connectivity index (χ1n) is 10.1. The summed E-state index contributed by atoms with van der Waals surface area (Å²) in [7, 11) is 0. The number of nitrogens with one attached hydrogen (secondary N) is 1. The van der Waals surface area contributed by atoms with Crippen LogP contribution in [0.4, 0.5) is 4.79 Å². The molecule has 1 atom stereocenters. The molecule has 2 amide bonds. The van der Waals surface area contributed by atoms with Crippen molar-refractivity contribution in [2.45, 2.75) is 46.1 Å². The number of hydrogen-bond donors (Lipinski definition) is 2. The zero-order chi connectivity index (χ0) is 19.8. The fourth-order valence-electron chi connectivity index (χ4n) is 3.72. The molecule has 1 heterocycles. The molecule has 1 aromatic carbocycles. The fraction of sp³-hybridized carbons (Fsp3) is 0.619. The molecule has 150 valence electrons. The highest BCUT2D eigenvalue weighted by Gasteiger charge is 2.27. The highest BCUT2D eigenvalue weighted by Crippen LogP contribution is 2.21. The number of carboxylic acids is 1. The molecule has 1 unspecified atom stereocenters. The molecular formula is C21H33N3O3.